The van der Waals surface area contributed by atoms with Gasteiger partial charge in [-0.2, -0.15) is 0 Å². The zero-order chi connectivity index (χ0) is 14.6. The third kappa shape index (κ3) is 3.35. The van der Waals surface area contributed by atoms with Gasteiger partial charge in [-0.25, -0.2) is 9.78 Å². The molecule has 1 fully saturated rings. The van der Waals surface area contributed by atoms with E-state index in [2.05, 4.69) is 10.3 Å². The van der Waals surface area contributed by atoms with Crippen LogP contribution >= 0.6 is 0 Å². The Kier molecular flexibility index (Phi) is 4.37. The number of aromatic carboxylic acids is 1. The molecule has 1 aliphatic carbocycles. The van der Waals surface area contributed by atoms with Crippen LogP contribution in [0.3, 0.4) is 0 Å². The van der Waals surface area contributed by atoms with Crippen LogP contribution in [0, 0.1) is 5.41 Å². The smallest absolute Gasteiger partial charge is 0.354 e. The number of carboxylic acid groups (broad SMARTS) is 1. The minimum absolute atomic E-state index is 0.0133. The minimum atomic E-state index is -1.05. The molecule has 0 aromatic carbocycles. The van der Waals surface area contributed by atoms with Gasteiger partial charge in [0, 0.05) is 18.2 Å². The number of nitrogens with zero attached hydrogens (tertiary/aromatic N) is 1. The van der Waals surface area contributed by atoms with Crippen LogP contribution in [0.2, 0.25) is 0 Å². The molecule has 1 aromatic heterocycles. The Labute approximate surface area is 118 Å². The summed E-state index contributed by atoms with van der Waals surface area (Å²) in [6.45, 7) is 2.41. The molecule has 0 unspecified atom stereocenters. The Morgan fingerprint density at radius 3 is 2.55 bits per heavy atom. The maximum absolute atomic E-state index is 12.2. The fourth-order valence-corrected chi connectivity index (χ4v) is 2.61. The fraction of sp³-hybridized carbons (Fsp3) is 0.533. The van der Waals surface area contributed by atoms with Crippen molar-refractivity contribution in [3.63, 3.8) is 0 Å². The van der Waals surface area contributed by atoms with E-state index in [4.69, 9.17) is 5.11 Å². The largest absolute Gasteiger partial charge is 0.477 e. The third-order valence-corrected chi connectivity index (χ3v) is 4.00. The van der Waals surface area contributed by atoms with Crippen molar-refractivity contribution < 1.29 is 14.7 Å². The van der Waals surface area contributed by atoms with Gasteiger partial charge < -0.3 is 10.4 Å². The predicted molar refractivity (Wildman–Crippen MR) is 74.2 cm³/mol. The number of hydrogen-bond donors (Lipinski definition) is 2. The van der Waals surface area contributed by atoms with E-state index in [1.807, 2.05) is 6.92 Å². The predicted octanol–water partition coefficient (Wildman–Crippen LogP) is 2.37. The molecule has 1 aliphatic rings. The third-order valence-electron chi connectivity index (χ3n) is 4.00. The summed E-state index contributed by atoms with van der Waals surface area (Å²) in [6, 6.07) is 3.13. The van der Waals surface area contributed by atoms with Crippen molar-refractivity contribution in [2.75, 3.05) is 0 Å². The Morgan fingerprint density at radius 2 is 2.00 bits per heavy atom. The van der Waals surface area contributed by atoms with E-state index in [1.54, 1.807) is 6.07 Å². The highest BCUT2D eigenvalue weighted by molar-refractivity contribution is 5.85. The van der Waals surface area contributed by atoms with Crippen molar-refractivity contribution in [1.82, 2.24) is 10.3 Å². The summed E-state index contributed by atoms with van der Waals surface area (Å²) in [5.74, 6) is -0.963. The number of rotatable bonds is 4. The number of pyridine rings is 1. The maximum Gasteiger partial charge on any atom is 0.354 e. The highest BCUT2D eigenvalue weighted by atomic mass is 16.4. The Bertz CT molecular complexity index is 490. The maximum atomic E-state index is 12.2. The lowest BCUT2D eigenvalue weighted by Crippen LogP contribution is -2.39. The monoisotopic (exact) mass is 276 g/mol. The molecule has 0 spiro atoms. The van der Waals surface area contributed by atoms with Crippen molar-refractivity contribution >= 4 is 11.9 Å². The molecule has 0 bridgehead atoms. The van der Waals surface area contributed by atoms with Gasteiger partial charge in [-0.3, -0.25) is 4.79 Å². The number of amides is 1. The zero-order valence-electron chi connectivity index (χ0n) is 11.7. The lowest BCUT2D eigenvalue weighted by molar-refractivity contribution is -0.132. The second kappa shape index (κ2) is 6.03. The molecule has 0 saturated heterocycles. The average Bonchev–Trinajstić information content (AvgIpc) is 2.46. The Balaban J connectivity index is 1.91. The highest BCUT2D eigenvalue weighted by Crippen LogP contribution is 2.35. The van der Waals surface area contributed by atoms with Crippen LogP contribution in [-0.2, 0) is 11.3 Å². The van der Waals surface area contributed by atoms with Crippen molar-refractivity contribution in [2.24, 2.45) is 5.41 Å². The first kappa shape index (κ1) is 14.5. The molecule has 0 aliphatic heterocycles. The first-order valence-electron chi connectivity index (χ1n) is 6.98. The summed E-state index contributed by atoms with van der Waals surface area (Å²) in [5.41, 5.74) is 0.564. The van der Waals surface area contributed by atoms with E-state index in [0.717, 1.165) is 31.2 Å². The fourth-order valence-electron chi connectivity index (χ4n) is 2.61. The Morgan fingerprint density at radius 1 is 1.30 bits per heavy atom. The molecule has 1 saturated carbocycles. The molecule has 1 heterocycles. The van der Waals surface area contributed by atoms with Gasteiger partial charge in [-0.05, 0) is 24.5 Å². The first-order valence-corrected chi connectivity index (χ1v) is 6.98. The van der Waals surface area contributed by atoms with Crippen molar-refractivity contribution in [1.29, 1.82) is 0 Å². The number of carbonyl (C=O) groups is 2. The van der Waals surface area contributed by atoms with Gasteiger partial charge in [0.1, 0.15) is 5.69 Å². The number of aromatic nitrogens is 1. The Hall–Kier alpha value is -1.91. The van der Waals surface area contributed by atoms with Crippen LogP contribution in [0.1, 0.15) is 55.1 Å². The summed E-state index contributed by atoms with van der Waals surface area (Å²) in [7, 11) is 0. The lowest BCUT2D eigenvalue weighted by Gasteiger charge is -2.32. The van der Waals surface area contributed by atoms with Gasteiger partial charge in [0.2, 0.25) is 5.91 Å². The SMILES string of the molecule is CC1(C(=O)NCc2ccc(C(=O)O)nc2)CCCCC1. The number of nitrogens with one attached hydrogen (secondary N) is 1. The first-order chi connectivity index (χ1) is 9.51. The summed E-state index contributed by atoms with van der Waals surface area (Å²) in [5, 5.41) is 11.7. The van der Waals surface area contributed by atoms with Crippen LogP contribution in [-0.4, -0.2) is 22.0 Å². The molecule has 0 atom stereocenters. The van der Waals surface area contributed by atoms with Gasteiger partial charge in [0.25, 0.3) is 0 Å². The average molecular weight is 276 g/mol. The van der Waals surface area contributed by atoms with Gasteiger partial charge in [-0.15, -0.1) is 0 Å². The van der Waals surface area contributed by atoms with E-state index in [-0.39, 0.29) is 17.0 Å². The molecule has 20 heavy (non-hydrogen) atoms. The van der Waals surface area contributed by atoms with Gasteiger partial charge >= 0.3 is 5.97 Å². The zero-order valence-corrected chi connectivity index (χ0v) is 11.7. The van der Waals surface area contributed by atoms with E-state index in [0.29, 0.717) is 6.54 Å². The molecule has 1 amide bonds. The minimum Gasteiger partial charge on any atom is -0.477 e. The van der Waals surface area contributed by atoms with Gasteiger partial charge in [-0.1, -0.05) is 32.3 Å². The molecule has 5 heteroatoms. The molecule has 0 radical (unpaired) electrons. The second-order valence-electron chi connectivity index (χ2n) is 5.66. The summed E-state index contributed by atoms with van der Waals surface area (Å²) >= 11 is 0. The van der Waals surface area contributed by atoms with Crippen molar-refractivity contribution in [3.8, 4) is 0 Å². The van der Waals surface area contributed by atoms with Gasteiger partial charge in [0.05, 0.1) is 0 Å². The topological polar surface area (TPSA) is 79.3 Å². The molecular formula is C15H20N2O3. The molecular weight excluding hydrogens is 256 g/mol. The summed E-state index contributed by atoms with van der Waals surface area (Å²) < 4.78 is 0. The second-order valence-corrected chi connectivity index (χ2v) is 5.66. The molecule has 1 aromatic rings. The standard InChI is InChI=1S/C15H20N2O3/c1-15(7-3-2-4-8-15)14(20)17-10-11-5-6-12(13(18)19)16-9-11/h5-6,9H,2-4,7-8,10H2,1H3,(H,17,20)(H,18,19). The molecule has 108 valence electrons. The van der Waals surface area contributed by atoms with E-state index in [1.165, 1.54) is 18.7 Å². The normalized spacial score (nSPS) is 17.4. The van der Waals surface area contributed by atoms with Crippen molar-refractivity contribution in [2.45, 2.75) is 45.6 Å². The number of carboxylic acids is 1. The van der Waals surface area contributed by atoms with Gasteiger partial charge in [0.15, 0.2) is 0 Å². The van der Waals surface area contributed by atoms with Crippen LogP contribution < -0.4 is 5.32 Å². The summed E-state index contributed by atoms with van der Waals surface area (Å²) in [6.07, 6.45) is 6.80. The van der Waals surface area contributed by atoms with E-state index >= 15 is 0 Å². The molecule has 2 N–H and O–H groups in total. The summed E-state index contributed by atoms with van der Waals surface area (Å²) in [4.78, 5) is 26.8. The van der Waals surface area contributed by atoms with E-state index in [9.17, 15) is 9.59 Å². The van der Waals surface area contributed by atoms with Crippen LogP contribution in [0.15, 0.2) is 18.3 Å². The lowest BCUT2D eigenvalue weighted by atomic mass is 9.75. The van der Waals surface area contributed by atoms with Crippen molar-refractivity contribution in [3.05, 3.63) is 29.6 Å². The number of carbonyl (C=O) groups excluding carboxylic acids is 1. The molecule has 2 rings (SSSR count). The van der Waals surface area contributed by atoms with E-state index < -0.39 is 5.97 Å². The quantitative estimate of drug-likeness (QED) is 0.884. The van der Waals surface area contributed by atoms with Crippen LogP contribution in [0.5, 0.6) is 0 Å². The highest BCUT2D eigenvalue weighted by Gasteiger charge is 2.34. The number of hydrogen-bond acceptors (Lipinski definition) is 3. The van der Waals surface area contributed by atoms with Crippen LogP contribution in [0.25, 0.3) is 0 Å². The molecule has 5 nitrogen and oxygen atoms in total. The van der Waals surface area contributed by atoms with Crippen LogP contribution in [0.4, 0.5) is 0 Å².